The number of hydrogen-bond donors (Lipinski definition) is 1. The largest absolute Gasteiger partial charge is 0.497 e. The Hall–Kier alpha value is -1.48. The van der Waals surface area contributed by atoms with Gasteiger partial charge in [-0.3, -0.25) is 0 Å². The second-order valence-electron chi connectivity index (χ2n) is 4.29. The lowest BCUT2D eigenvalue weighted by atomic mass is 10.1. The molecule has 92 valence electrons. The Morgan fingerprint density at radius 3 is 2.82 bits per heavy atom. The Bertz CT molecular complexity index is 490. The van der Waals surface area contributed by atoms with Gasteiger partial charge in [0, 0.05) is 23.1 Å². The summed E-state index contributed by atoms with van der Waals surface area (Å²) in [5, 5.41) is 1.22. The van der Waals surface area contributed by atoms with Crippen LogP contribution in [0.3, 0.4) is 0 Å². The molecule has 0 bridgehead atoms. The third-order valence-corrected chi connectivity index (χ3v) is 3.29. The summed E-state index contributed by atoms with van der Waals surface area (Å²) >= 11 is 0. The van der Waals surface area contributed by atoms with Crippen molar-refractivity contribution >= 4 is 10.9 Å². The summed E-state index contributed by atoms with van der Waals surface area (Å²) < 4.78 is 7.56. The average molecular weight is 232 g/mol. The van der Waals surface area contributed by atoms with Gasteiger partial charge in [0.1, 0.15) is 5.75 Å². The fourth-order valence-electron chi connectivity index (χ4n) is 2.32. The standard InChI is InChI=1S/C14H20N2O/c1-3-12(6-8-15)16-9-7-11-10-13(17-2)4-5-14(11)16/h4-5,7,9-10,12H,3,6,8,15H2,1-2H3. The summed E-state index contributed by atoms with van der Waals surface area (Å²) in [6, 6.07) is 8.82. The van der Waals surface area contributed by atoms with Crippen molar-refractivity contribution in [1.82, 2.24) is 4.57 Å². The highest BCUT2D eigenvalue weighted by molar-refractivity contribution is 5.81. The summed E-state index contributed by atoms with van der Waals surface area (Å²) in [6.45, 7) is 2.93. The average Bonchev–Trinajstić information content (AvgIpc) is 2.78. The molecule has 0 saturated heterocycles. The van der Waals surface area contributed by atoms with Gasteiger partial charge in [-0.2, -0.15) is 0 Å². The van der Waals surface area contributed by atoms with E-state index in [9.17, 15) is 0 Å². The normalized spacial score (nSPS) is 12.9. The van der Waals surface area contributed by atoms with Gasteiger partial charge in [-0.25, -0.2) is 0 Å². The Kier molecular flexibility index (Phi) is 3.69. The molecule has 2 aromatic rings. The molecule has 17 heavy (non-hydrogen) atoms. The first kappa shape index (κ1) is 12.0. The number of aromatic nitrogens is 1. The molecular formula is C14H20N2O. The van der Waals surface area contributed by atoms with Crippen LogP contribution in [0.25, 0.3) is 10.9 Å². The number of benzene rings is 1. The zero-order chi connectivity index (χ0) is 12.3. The van der Waals surface area contributed by atoms with E-state index in [4.69, 9.17) is 10.5 Å². The van der Waals surface area contributed by atoms with Crippen molar-refractivity contribution < 1.29 is 4.74 Å². The third-order valence-electron chi connectivity index (χ3n) is 3.29. The Morgan fingerprint density at radius 2 is 2.18 bits per heavy atom. The molecule has 0 aliphatic rings. The molecule has 0 saturated carbocycles. The highest BCUT2D eigenvalue weighted by Crippen LogP contribution is 2.26. The van der Waals surface area contributed by atoms with Crippen molar-refractivity contribution in [2.75, 3.05) is 13.7 Å². The maximum Gasteiger partial charge on any atom is 0.119 e. The number of nitrogens with zero attached hydrogens (tertiary/aromatic N) is 1. The van der Waals surface area contributed by atoms with Gasteiger partial charge in [0.2, 0.25) is 0 Å². The van der Waals surface area contributed by atoms with Crippen LogP contribution in [-0.2, 0) is 0 Å². The lowest BCUT2D eigenvalue weighted by molar-refractivity contribution is 0.415. The van der Waals surface area contributed by atoms with Gasteiger partial charge < -0.3 is 15.0 Å². The molecule has 2 N–H and O–H groups in total. The van der Waals surface area contributed by atoms with E-state index in [0.29, 0.717) is 6.04 Å². The lowest BCUT2D eigenvalue weighted by Gasteiger charge is -2.17. The zero-order valence-corrected chi connectivity index (χ0v) is 10.5. The van der Waals surface area contributed by atoms with Crippen molar-refractivity contribution in [3.05, 3.63) is 30.5 Å². The maximum absolute atomic E-state index is 5.67. The van der Waals surface area contributed by atoms with Crippen LogP contribution >= 0.6 is 0 Å². The summed E-state index contributed by atoms with van der Waals surface area (Å²) in [5.74, 6) is 0.905. The highest BCUT2D eigenvalue weighted by Gasteiger charge is 2.10. The molecule has 0 radical (unpaired) electrons. The highest BCUT2D eigenvalue weighted by atomic mass is 16.5. The molecule has 0 aliphatic carbocycles. The minimum atomic E-state index is 0.492. The van der Waals surface area contributed by atoms with E-state index >= 15 is 0 Å². The first-order valence-electron chi connectivity index (χ1n) is 6.14. The second-order valence-corrected chi connectivity index (χ2v) is 4.29. The van der Waals surface area contributed by atoms with Crippen molar-refractivity contribution in [2.45, 2.75) is 25.8 Å². The molecule has 0 amide bonds. The van der Waals surface area contributed by atoms with Crippen LogP contribution in [0.15, 0.2) is 30.5 Å². The predicted molar refractivity (Wildman–Crippen MR) is 71.5 cm³/mol. The first-order chi connectivity index (χ1) is 8.30. The van der Waals surface area contributed by atoms with Gasteiger partial charge in [0.05, 0.1) is 7.11 Å². The van der Waals surface area contributed by atoms with E-state index in [1.807, 2.05) is 6.07 Å². The number of ether oxygens (including phenoxy) is 1. The van der Waals surface area contributed by atoms with Crippen LogP contribution in [0.5, 0.6) is 5.75 Å². The molecule has 1 atom stereocenters. The van der Waals surface area contributed by atoms with Crippen LogP contribution in [0, 0.1) is 0 Å². The molecule has 1 aromatic carbocycles. The monoisotopic (exact) mass is 232 g/mol. The van der Waals surface area contributed by atoms with Gasteiger partial charge >= 0.3 is 0 Å². The van der Waals surface area contributed by atoms with E-state index in [0.717, 1.165) is 25.1 Å². The van der Waals surface area contributed by atoms with Gasteiger partial charge in [0.15, 0.2) is 0 Å². The molecule has 1 heterocycles. The molecule has 0 fully saturated rings. The van der Waals surface area contributed by atoms with Gasteiger partial charge in [-0.15, -0.1) is 0 Å². The molecule has 1 unspecified atom stereocenters. The SMILES string of the molecule is CCC(CCN)n1ccc2cc(OC)ccc21. The van der Waals surface area contributed by atoms with Crippen LogP contribution in [0.1, 0.15) is 25.8 Å². The van der Waals surface area contributed by atoms with Crippen molar-refractivity contribution in [3.8, 4) is 5.75 Å². The second kappa shape index (κ2) is 5.23. The van der Waals surface area contributed by atoms with Crippen LogP contribution in [0.2, 0.25) is 0 Å². The topological polar surface area (TPSA) is 40.2 Å². The first-order valence-corrected chi connectivity index (χ1v) is 6.14. The molecule has 2 rings (SSSR count). The van der Waals surface area contributed by atoms with E-state index < -0.39 is 0 Å². The Morgan fingerprint density at radius 1 is 1.35 bits per heavy atom. The quantitative estimate of drug-likeness (QED) is 0.861. The summed E-state index contributed by atoms with van der Waals surface area (Å²) in [4.78, 5) is 0. The number of fused-ring (bicyclic) bond motifs is 1. The minimum absolute atomic E-state index is 0.492. The molecule has 3 heteroatoms. The van der Waals surface area contributed by atoms with Gasteiger partial charge in [-0.1, -0.05) is 6.92 Å². The number of hydrogen-bond acceptors (Lipinski definition) is 2. The molecular weight excluding hydrogens is 212 g/mol. The van der Waals surface area contributed by atoms with E-state index in [2.05, 4.69) is 35.9 Å². The van der Waals surface area contributed by atoms with E-state index in [1.54, 1.807) is 7.11 Å². The van der Waals surface area contributed by atoms with Crippen LogP contribution in [-0.4, -0.2) is 18.2 Å². The van der Waals surface area contributed by atoms with Crippen molar-refractivity contribution in [1.29, 1.82) is 0 Å². The summed E-state index contributed by atoms with van der Waals surface area (Å²) in [5.41, 5.74) is 6.92. The number of methoxy groups -OCH3 is 1. The minimum Gasteiger partial charge on any atom is -0.497 e. The fourth-order valence-corrected chi connectivity index (χ4v) is 2.32. The zero-order valence-electron chi connectivity index (χ0n) is 10.5. The van der Waals surface area contributed by atoms with Crippen LogP contribution < -0.4 is 10.5 Å². The lowest BCUT2D eigenvalue weighted by Crippen LogP contribution is -2.12. The molecule has 3 nitrogen and oxygen atoms in total. The smallest absolute Gasteiger partial charge is 0.119 e. The maximum atomic E-state index is 5.67. The molecule has 1 aromatic heterocycles. The van der Waals surface area contributed by atoms with Gasteiger partial charge in [-0.05, 0) is 43.7 Å². The predicted octanol–water partition coefficient (Wildman–Crippen LogP) is 2.95. The third kappa shape index (κ3) is 2.29. The fraction of sp³-hybridized carbons (Fsp3) is 0.429. The Balaban J connectivity index is 2.41. The van der Waals surface area contributed by atoms with Crippen LogP contribution in [0.4, 0.5) is 0 Å². The molecule has 0 aliphatic heterocycles. The Labute approximate surface area is 102 Å². The van der Waals surface area contributed by atoms with Crippen molar-refractivity contribution in [2.24, 2.45) is 5.73 Å². The number of nitrogens with two attached hydrogens (primary N) is 1. The summed E-state index contributed by atoms with van der Waals surface area (Å²) in [6.07, 6.45) is 4.27. The molecule has 0 spiro atoms. The van der Waals surface area contributed by atoms with E-state index in [-0.39, 0.29) is 0 Å². The summed E-state index contributed by atoms with van der Waals surface area (Å²) in [7, 11) is 1.70. The van der Waals surface area contributed by atoms with E-state index in [1.165, 1.54) is 10.9 Å². The van der Waals surface area contributed by atoms with Gasteiger partial charge in [0.25, 0.3) is 0 Å². The number of rotatable bonds is 5. The van der Waals surface area contributed by atoms with Crippen molar-refractivity contribution in [3.63, 3.8) is 0 Å².